The SMILES string of the molecule is CN1C(=O)C(I)C[C-]=C1c1ccc(C#N)cc1.[Y]. The van der Waals surface area contributed by atoms with Crippen LogP contribution >= 0.6 is 22.6 Å². The Hall–Kier alpha value is -0.246. The monoisotopic (exact) mass is 426 g/mol. The molecular formula is C13H10IN2OY-. The largest absolute Gasteiger partial charge is 0.350 e. The van der Waals surface area contributed by atoms with Gasteiger partial charge in [-0.25, -0.2) is 6.08 Å². The van der Waals surface area contributed by atoms with Gasteiger partial charge in [0.1, 0.15) is 0 Å². The first-order valence-electron chi connectivity index (χ1n) is 5.16. The molecule has 3 nitrogen and oxygen atoms in total. The van der Waals surface area contributed by atoms with Crippen molar-refractivity contribution in [2.24, 2.45) is 0 Å². The van der Waals surface area contributed by atoms with Crippen LogP contribution in [0.2, 0.25) is 0 Å². The van der Waals surface area contributed by atoms with Crippen molar-refractivity contribution < 1.29 is 37.5 Å². The number of hydrogen-bond acceptors (Lipinski definition) is 2. The smallest absolute Gasteiger partial charge is 0.235 e. The van der Waals surface area contributed by atoms with Crippen molar-refractivity contribution in [3.05, 3.63) is 41.5 Å². The van der Waals surface area contributed by atoms with Crippen LogP contribution < -0.4 is 0 Å². The third-order valence-corrected chi connectivity index (χ3v) is 3.64. The second kappa shape index (κ2) is 6.79. The number of carbonyl (C=O) groups is 1. The molecule has 0 saturated heterocycles. The average molecular weight is 426 g/mol. The molecule has 1 unspecified atom stereocenters. The zero-order valence-electron chi connectivity index (χ0n) is 9.85. The second-order valence-corrected chi connectivity index (χ2v) is 5.29. The summed E-state index contributed by atoms with van der Waals surface area (Å²) in [5, 5.41) is 8.73. The topological polar surface area (TPSA) is 44.1 Å². The van der Waals surface area contributed by atoms with Crippen molar-refractivity contribution in [2.75, 3.05) is 7.05 Å². The maximum Gasteiger partial charge on any atom is 0.235 e. The quantitative estimate of drug-likeness (QED) is 0.394. The molecule has 18 heavy (non-hydrogen) atoms. The van der Waals surface area contributed by atoms with E-state index in [1.165, 1.54) is 0 Å². The Morgan fingerprint density at radius 3 is 2.61 bits per heavy atom. The Morgan fingerprint density at radius 2 is 2.06 bits per heavy atom. The van der Waals surface area contributed by atoms with Gasteiger partial charge in [0.15, 0.2) is 0 Å². The number of nitrogens with zero attached hydrogens (tertiary/aromatic N) is 2. The third kappa shape index (κ3) is 3.20. The molecule has 1 aliphatic heterocycles. The number of halogens is 1. The molecule has 0 spiro atoms. The van der Waals surface area contributed by atoms with Crippen molar-refractivity contribution in [1.82, 2.24) is 4.90 Å². The van der Waals surface area contributed by atoms with Crippen LogP contribution in [0.4, 0.5) is 0 Å². The number of benzene rings is 1. The van der Waals surface area contributed by atoms with E-state index in [0.717, 1.165) is 11.3 Å². The van der Waals surface area contributed by atoms with Crippen LogP contribution in [0.25, 0.3) is 5.70 Å². The summed E-state index contributed by atoms with van der Waals surface area (Å²) in [6.07, 6.45) is 3.87. The number of hydrogen-bond donors (Lipinski definition) is 0. The first-order valence-corrected chi connectivity index (χ1v) is 6.41. The predicted molar refractivity (Wildman–Crippen MR) is 73.0 cm³/mol. The van der Waals surface area contributed by atoms with E-state index in [0.29, 0.717) is 12.0 Å². The minimum absolute atomic E-state index is 0. The number of alkyl halides is 1. The number of rotatable bonds is 1. The normalized spacial score (nSPS) is 18.7. The van der Waals surface area contributed by atoms with E-state index < -0.39 is 0 Å². The van der Waals surface area contributed by atoms with Gasteiger partial charge >= 0.3 is 0 Å². The zero-order valence-corrected chi connectivity index (χ0v) is 14.8. The number of carbonyl (C=O) groups excluding carboxylic acids is 1. The fourth-order valence-corrected chi connectivity index (χ4v) is 2.35. The van der Waals surface area contributed by atoms with E-state index >= 15 is 0 Å². The summed E-state index contributed by atoms with van der Waals surface area (Å²) in [6.45, 7) is 0. The first-order chi connectivity index (χ1) is 8.13. The van der Waals surface area contributed by atoms with Gasteiger partial charge in [0.25, 0.3) is 0 Å². The fraction of sp³-hybridized carbons (Fsp3) is 0.231. The molecule has 1 aromatic carbocycles. The van der Waals surface area contributed by atoms with Crippen LogP contribution in [-0.4, -0.2) is 21.8 Å². The maximum absolute atomic E-state index is 11.8. The van der Waals surface area contributed by atoms with E-state index in [9.17, 15) is 4.79 Å². The van der Waals surface area contributed by atoms with Gasteiger partial charge in [-0.1, -0.05) is 41.1 Å². The molecule has 0 N–H and O–H groups in total. The van der Waals surface area contributed by atoms with Gasteiger partial charge in [-0.2, -0.15) is 10.8 Å². The summed E-state index contributed by atoms with van der Waals surface area (Å²) >= 11 is 2.13. The molecule has 0 fully saturated rings. The van der Waals surface area contributed by atoms with Gasteiger partial charge in [-0.3, -0.25) is 4.79 Å². The van der Waals surface area contributed by atoms with Crippen molar-refractivity contribution in [1.29, 1.82) is 5.26 Å². The van der Waals surface area contributed by atoms with Crippen molar-refractivity contribution in [3.8, 4) is 6.07 Å². The van der Waals surface area contributed by atoms with Crippen LogP contribution in [0.15, 0.2) is 24.3 Å². The number of allylic oxidation sites excluding steroid dienone is 1. The molecule has 2 rings (SSSR count). The van der Waals surface area contributed by atoms with Gasteiger partial charge in [0.05, 0.1) is 9.99 Å². The molecule has 89 valence electrons. The Labute approximate surface area is 145 Å². The summed E-state index contributed by atoms with van der Waals surface area (Å²) in [6, 6.07) is 9.26. The van der Waals surface area contributed by atoms with E-state index in [1.807, 2.05) is 12.1 Å². The van der Waals surface area contributed by atoms with E-state index in [-0.39, 0.29) is 42.5 Å². The van der Waals surface area contributed by atoms with Crippen LogP contribution in [0.3, 0.4) is 0 Å². The Morgan fingerprint density at radius 1 is 1.44 bits per heavy atom. The van der Waals surface area contributed by atoms with Gasteiger partial charge < -0.3 is 4.90 Å². The van der Waals surface area contributed by atoms with Crippen molar-refractivity contribution >= 4 is 34.2 Å². The van der Waals surface area contributed by atoms with Gasteiger partial charge in [-0.05, 0) is 0 Å². The third-order valence-electron chi connectivity index (χ3n) is 2.67. The Kier molecular flexibility index (Phi) is 5.96. The van der Waals surface area contributed by atoms with Gasteiger partial charge in [0.2, 0.25) is 5.91 Å². The molecule has 1 aromatic rings. The predicted octanol–water partition coefficient (Wildman–Crippen LogP) is 2.37. The molecule has 1 aliphatic rings. The van der Waals surface area contributed by atoms with Crippen molar-refractivity contribution in [2.45, 2.75) is 10.3 Å². The van der Waals surface area contributed by atoms with Crippen LogP contribution in [0.1, 0.15) is 17.5 Å². The molecule has 0 aliphatic carbocycles. The molecule has 1 radical (unpaired) electrons. The second-order valence-electron chi connectivity index (χ2n) is 3.78. The molecule has 0 aromatic heterocycles. The zero-order chi connectivity index (χ0) is 12.4. The maximum atomic E-state index is 11.8. The van der Waals surface area contributed by atoms with Crippen LogP contribution in [0, 0.1) is 17.4 Å². The van der Waals surface area contributed by atoms with E-state index in [4.69, 9.17) is 5.26 Å². The minimum Gasteiger partial charge on any atom is -0.350 e. The van der Waals surface area contributed by atoms with E-state index in [2.05, 4.69) is 34.7 Å². The molecule has 0 bridgehead atoms. The molecule has 1 amide bonds. The summed E-state index contributed by atoms with van der Waals surface area (Å²) < 4.78 is -0.0280. The summed E-state index contributed by atoms with van der Waals surface area (Å²) in [7, 11) is 1.76. The summed E-state index contributed by atoms with van der Waals surface area (Å²) in [5.74, 6) is 0.101. The molecule has 5 heteroatoms. The van der Waals surface area contributed by atoms with Gasteiger partial charge in [0, 0.05) is 45.3 Å². The number of nitriles is 1. The first kappa shape index (κ1) is 15.8. The standard InChI is InChI=1S/C13H10IN2O.Y/c1-16-12(7-6-11(14)13(16)17)10-4-2-9(8-15)3-5-10;/h2-5,11H,6H2,1H3;/q-1;. The molecule has 1 heterocycles. The van der Waals surface area contributed by atoms with Crippen LogP contribution in [0.5, 0.6) is 0 Å². The molecule has 0 saturated carbocycles. The van der Waals surface area contributed by atoms with Crippen LogP contribution in [-0.2, 0) is 37.5 Å². The van der Waals surface area contributed by atoms with Crippen molar-refractivity contribution in [3.63, 3.8) is 0 Å². The summed E-state index contributed by atoms with van der Waals surface area (Å²) in [4.78, 5) is 13.5. The van der Waals surface area contributed by atoms with Gasteiger partial charge in [-0.15, -0.1) is 17.8 Å². The Bertz CT molecular complexity index is 519. The minimum atomic E-state index is -0.0280. The molecule has 1 atom stereocenters. The number of amides is 1. The Balaban J connectivity index is 0.00000162. The van der Waals surface area contributed by atoms with E-state index in [1.54, 1.807) is 24.1 Å². The summed E-state index contributed by atoms with van der Waals surface area (Å²) in [5.41, 5.74) is 2.33. The fourth-order valence-electron chi connectivity index (χ4n) is 1.71. The molecular weight excluding hydrogens is 416 g/mol. The average Bonchev–Trinajstić information content (AvgIpc) is 2.36.